The van der Waals surface area contributed by atoms with Crippen molar-refractivity contribution in [1.29, 1.82) is 0 Å². The monoisotopic (exact) mass is 419 g/mol. The van der Waals surface area contributed by atoms with Crippen LogP contribution >= 0.6 is 15.9 Å². The molecule has 4 rings (SSSR count). The molecule has 0 heterocycles. The molecule has 0 radical (unpaired) electrons. The summed E-state index contributed by atoms with van der Waals surface area (Å²) in [5.74, 6) is 0.779. The smallest absolute Gasteiger partial charge is 0.312 e. The number of benzene rings is 4. The second-order valence-electron chi connectivity index (χ2n) is 6.00. The Hall–Kier alpha value is -3.18. The highest BCUT2D eigenvalue weighted by Gasteiger charge is 2.21. The SMILES string of the molecule is O=[N+]([O-])c1cccc(-c2ccccc2)c1Oc1ccc2cccc(Br)c2c1. The molecule has 0 amide bonds. The number of halogens is 1. The number of nitrogens with zero attached hydrogens (tertiary/aromatic N) is 1. The molecule has 0 unspecified atom stereocenters. The molecule has 0 saturated heterocycles. The van der Waals surface area contributed by atoms with Gasteiger partial charge in [-0.25, -0.2) is 0 Å². The van der Waals surface area contributed by atoms with Crippen molar-refractivity contribution in [2.45, 2.75) is 0 Å². The van der Waals surface area contributed by atoms with Crippen LogP contribution in [0.1, 0.15) is 0 Å². The molecule has 5 heteroatoms. The van der Waals surface area contributed by atoms with Crippen molar-refractivity contribution in [2.75, 3.05) is 0 Å². The molecular formula is C22H14BrNO3. The average molecular weight is 420 g/mol. The van der Waals surface area contributed by atoms with E-state index in [4.69, 9.17) is 4.74 Å². The zero-order valence-electron chi connectivity index (χ0n) is 14.1. The predicted molar refractivity (Wildman–Crippen MR) is 110 cm³/mol. The molecule has 0 aliphatic rings. The highest BCUT2D eigenvalue weighted by atomic mass is 79.9. The van der Waals surface area contributed by atoms with E-state index >= 15 is 0 Å². The van der Waals surface area contributed by atoms with E-state index in [2.05, 4.69) is 15.9 Å². The lowest BCUT2D eigenvalue weighted by Gasteiger charge is -2.12. The van der Waals surface area contributed by atoms with Crippen molar-refractivity contribution < 1.29 is 9.66 Å². The van der Waals surface area contributed by atoms with Crippen LogP contribution in [-0.2, 0) is 0 Å². The average Bonchev–Trinajstić information content (AvgIpc) is 2.69. The molecule has 0 aliphatic carbocycles. The summed E-state index contributed by atoms with van der Waals surface area (Å²) >= 11 is 3.54. The second-order valence-corrected chi connectivity index (χ2v) is 6.86. The minimum Gasteiger partial charge on any atom is -0.449 e. The molecule has 0 saturated carbocycles. The van der Waals surface area contributed by atoms with Crippen molar-refractivity contribution in [2.24, 2.45) is 0 Å². The number of rotatable bonds is 4. The van der Waals surface area contributed by atoms with Crippen LogP contribution in [-0.4, -0.2) is 4.92 Å². The molecule has 0 N–H and O–H groups in total. The van der Waals surface area contributed by atoms with E-state index in [0.717, 1.165) is 20.8 Å². The third kappa shape index (κ3) is 3.41. The fourth-order valence-electron chi connectivity index (χ4n) is 3.02. The lowest BCUT2D eigenvalue weighted by atomic mass is 10.0. The quantitative estimate of drug-likeness (QED) is 0.265. The summed E-state index contributed by atoms with van der Waals surface area (Å²) in [7, 11) is 0. The Kier molecular flexibility index (Phi) is 4.60. The van der Waals surface area contributed by atoms with Crippen molar-refractivity contribution in [3.05, 3.63) is 99.5 Å². The van der Waals surface area contributed by atoms with Crippen molar-refractivity contribution in [3.8, 4) is 22.6 Å². The molecule has 27 heavy (non-hydrogen) atoms. The van der Waals surface area contributed by atoms with Crippen molar-refractivity contribution in [3.63, 3.8) is 0 Å². The Labute approximate surface area is 164 Å². The third-order valence-electron chi connectivity index (χ3n) is 4.30. The summed E-state index contributed by atoms with van der Waals surface area (Å²) in [5, 5.41) is 13.6. The number of hydrogen-bond donors (Lipinski definition) is 0. The van der Waals surface area contributed by atoms with Gasteiger partial charge >= 0.3 is 5.69 Å². The minimum atomic E-state index is -0.418. The van der Waals surface area contributed by atoms with Gasteiger partial charge in [0.15, 0.2) is 0 Å². The van der Waals surface area contributed by atoms with Crippen LogP contribution in [0, 0.1) is 10.1 Å². The van der Waals surface area contributed by atoms with Crippen LogP contribution in [0.4, 0.5) is 5.69 Å². The molecule has 4 nitrogen and oxygen atoms in total. The van der Waals surface area contributed by atoms with Gasteiger partial charge in [0.05, 0.1) is 4.92 Å². The zero-order chi connectivity index (χ0) is 18.8. The molecular weight excluding hydrogens is 406 g/mol. The van der Waals surface area contributed by atoms with Gasteiger partial charge in [0.2, 0.25) is 5.75 Å². The van der Waals surface area contributed by atoms with E-state index < -0.39 is 4.92 Å². The van der Waals surface area contributed by atoms with Crippen molar-refractivity contribution >= 4 is 32.4 Å². The first-order chi connectivity index (χ1) is 13.1. The number of fused-ring (bicyclic) bond motifs is 1. The number of nitro benzene ring substituents is 1. The van der Waals surface area contributed by atoms with E-state index in [1.54, 1.807) is 6.07 Å². The first-order valence-corrected chi connectivity index (χ1v) is 9.12. The summed E-state index contributed by atoms with van der Waals surface area (Å²) in [4.78, 5) is 11.2. The molecule has 132 valence electrons. The summed E-state index contributed by atoms with van der Waals surface area (Å²) in [6.45, 7) is 0. The first-order valence-electron chi connectivity index (χ1n) is 8.32. The molecule has 0 atom stereocenters. The second kappa shape index (κ2) is 7.21. The number of para-hydroxylation sites is 1. The third-order valence-corrected chi connectivity index (χ3v) is 4.99. The number of nitro groups is 1. The van der Waals surface area contributed by atoms with Gasteiger partial charge in [-0.1, -0.05) is 76.6 Å². The molecule has 0 bridgehead atoms. The van der Waals surface area contributed by atoms with E-state index in [0.29, 0.717) is 11.3 Å². The van der Waals surface area contributed by atoms with Crippen LogP contribution < -0.4 is 4.74 Å². The number of ether oxygens (including phenoxy) is 1. The maximum Gasteiger partial charge on any atom is 0.312 e. The molecule has 0 fully saturated rings. The highest BCUT2D eigenvalue weighted by Crippen LogP contribution is 2.41. The highest BCUT2D eigenvalue weighted by molar-refractivity contribution is 9.10. The van der Waals surface area contributed by atoms with Gasteiger partial charge in [-0.2, -0.15) is 0 Å². The fraction of sp³-hybridized carbons (Fsp3) is 0. The van der Waals surface area contributed by atoms with Gasteiger partial charge in [-0.15, -0.1) is 0 Å². The van der Waals surface area contributed by atoms with Crippen LogP contribution in [0.25, 0.3) is 21.9 Å². The van der Waals surface area contributed by atoms with Crippen LogP contribution in [0.15, 0.2) is 89.4 Å². The zero-order valence-corrected chi connectivity index (χ0v) is 15.7. The Morgan fingerprint density at radius 3 is 2.41 bits per heavy atom. The standard InChI is InChI=1S/C22H14BrNO3/c23-20-10-4-8-16-12-13-17(14-19(16)20)27-22-18(15-6-2-1-3-7-15)9-5-11-21(22)24(25)26/h1-14H. The Morgan fingerprint density at radius 1 is 0.852 bits per heavy atom. The summed E-state index contributed by atoms with van der Waals surface area (Å²) in [5.41, 5.74) is 1.47. The van der Waals surface area contributed by atoms with Crippen LogP contribution in [0.5, 0.6) is 11.5 Å². The van der Waals surface area contributed by atoms with Gasteiger partial charge in [0.1, 0.15) is 5.75 Å². The molecule has 0 aromatic heterocycles. The largest absolute Gasteiger partial charge is 0.449 e. The predicted octanol–water partition coefficient (Wildman–Crippen LogP) is 6.97. The first kappa shape index (κ1) is 17.2. The Balaban J connectivity index is 1.86. The molecule has 0 aliphatic heterocycles. The maximum absolute atomic E-state index is 11.6. The van der Waals surface area contributed by atoms with Crippen LogP contribution in [0.3, 0.4) is 0 Å². The van der Waals surface area contributed by atoms with Crippen LogP contribution in [0.2, 0.25) is 0 Å². The van der Waals surface area contributed by atoms with Crippen molar-refractivity contribution in [1.82, 2.24) is 0 Å². The molecule has 4 aromatic carbocycles. The summed E-state index contributed by atoms with van der Waals surface area (Å²) in [6.07, 6.45) is 0. The fourth-order valence-corrected chi connectivity index (χ4v) is 3.51. The maximum atomic E-state index is 11.6. The van der Waals surface area contributed by atoms with Gasteiger partial charge in [0.25, 0.3) is 0 Å². The van der Waals surface area contributed by atoms with Gasteiger partial charge in [-0.05, 0) is 34.5 Å². The van der Waals surface area contributed by atoms with E-state index in [9.17, 15) is 10.1 Å². The lowest BCUT2D eigenvalue weighted by molar-refractivity contribution is -0.385. The lowest BCUT2D eigenvalue weighted by Crippen LogP contribution is -1.96. The summed E-state index contributed by atoms with van der Waals surface area (Å²) in [6, 6.07) is 26.0. The van der Waals surface area contributed by atoms with E-state index in [-0.39, 0.29) is 11.4 Å². The van der Waals surface area contributed by atoms with Gasteiger partial charge in [0, 0.05) is 16.1 Å². The minimum absolute atomic E-state index is 0.0661. The Bertz CT molecular complexity index is 1140. The van der Waals surface area contributed by atoms with E-state index in [1.807, 2.05) is 72.8 Å². The van der Waals surface area contributed by atoms with Gasteiger partial charge in [-0.3, -0.25) is 10.1 Å². The molecule has 0 spiro atoms. The van der Waals surface area contributed by atoms with E-state index in [1.165, 1.54) is 6.07 Å². The molecule has 4 aromatic rings. The normalized spacial score (nSPS) is 10.7. The topological polar surface area (TPSA) is 52.4 Å². The number of hydrogen-bond acceptors (Lipinski definition) is 3. The summed E-state index contributed by atoms with van der Waals surface area (Å²) < 4.78 is 7.00. The van der Waals surface area contributed by atoms with Gasteiger partial charge < -0.3 is 4.74 Å². The Morgan fingerprint density at radius 2 is 1.63 bits per heavy atom.